The van der Waals surface area contributed by atoms with E-state index in [4.69, 9.17) is 4.52 Å². The zero-order valence-electron chi connectivity index (χ0n) is 16.0. The molecule has 0 aliphatic carbocycles. The number of thiazole rings is 1. The van der Waals surface area contributed by atoms with E-state index in [1.54, 1.807) is 11.3 Å². The number of aromatic nitrogens is 2. The van der Waals surface area contributed by atoms with Gasteiger partial charge < -0.3 is 9.42 Å². The zero-order valence-corrected chi connectivity index (χ0v) is 16.8. The zero-order chi connectivity index (χ0) is 18.5. The van der Waals surface area contributed by atoms with Crippen LogP contribution >= 0.6 is 11.3 Å². The highest BCUT2D eigenvalue weighted by Gasteiger charge is 2.53. The van der Waals surface area contributed by atoms with Crippen LogP contribution in [0.2, 0.25) is 0 Å². The Bertz CT molecular complexity index is 823. The second kappa shape index (κ2) is 6.46. The lowest BCUT2D eigenvalue weighted by Crippen LogP contribution is -2.66. The van der Waals surface area contributed by atoms with Crippen molar-refractivity contribution in [1.29, 1.82) is 0 Å². The molecule has 6 nitrogen and oxygen atoms in total. The van der Waals surface area contributed by atoms with Crippen molar-refractivity contribution in [2.45, 2.75) is 53.6 Å². The lowest BCUT2D eigenvalue weighted by atomic mass is 9.72. The number of carbonyl (C=O) groups excluding carboxylic acids is 1. The fourth-order valence-electron chi connectivity index (χ4n) is 4.38. The average Bonchev–Trinajstić information content (AvgIpc) is 3.09. The fourth-order valence-corrected chi connectivity index (χ4v) is 5.36. The third-order valence-corrected chi connectivity index (χ3v) is 6.84. The van der Waals surface area contributed by atoms with Gasteiger partial charge in [-0.05, 0) is 47.1 Å². The van der Waals surface area contributed by atoms with Crippen LogP contribution in [0.25, 0.3) is 0 Å². The molecule has 0 N–H and O–H groups in total. The molecule has 0 saturated carbocycles. The lowest BCUT2D eigenvalue weighted by Gasteiger charge is -2.53. The van der Waals surface area contributed by atoms with Crippen molar-refractivity contribution in [3.05, 3.63) is 32.6 Å². The number of likely N-dealkylation sites (tertiary alicyclic amines) is 2. The summed E-state index contributed by atoms with van der Waals surface area (Å²) in [4.78, 5) is 23.3. The number of carbonyl (C=O) groups is 1. The van der Waals surface area contributed by atoms with Crippen LogP contribution in [0.15, 0.2) is 4.52 Å². The van der Waals surface area contributed by atoms with E-state index in [0.717, 1.165) is 66.7 Å². The van der Waals surface area contributed by atoms with Crippen LogP contribution in [0, 0.1) is 33.1 Å². The second-order valence-electron chi connectivity index (χ2n) is 7.80. The van der Waals surface area contributed by atoms with Crippen molar-refractivity contribution in [2.75, 3.05) is 19.6 Å². The molecule has 26 heavy (non-hydrogen) atoms. The van der Waals surface area contributed by atoms with Gasteiger partial charge in [0.25, 0.3) is 0 Å². The van der Waals surface area contributed by atoms with Crippen LogP contribution in [0.4, 0.5) is 0 Å². The van der Waals surface area contributed by atoms with Gasteiger partial charge in [0, 0.05) is 30.1 Å². The summed E-state index contributed by atoms with van der Waals surface area (Å²) < 4.78 is 5.23. The molecule has 2 aromatic heterocycles. The Morgan fingerprint density at radius 1 is 1.15 bits per heavy atom. The summed E-state index contributed by atoms with van der Waals surface area (Å²) in [5, 5.41) is 5.12. The Kier molecular flexibility index (Phi) is 4.39. The first-order valence-corrected chi connectivity index (χ1v) is 10.1. The van der Waals surface area contributed by atoms with Gasteiger partial charge in [-0.1, -0.05) is 5.16 Å². The summed E-state index contributed by atoms with van der Waals surface area (Å²) in [6.07, 6.45) is 2.09. The van der Waals surface area contributed by atoms with Gasteiger partial charge in [-0.2, -0.15) is 0 Å². The standard InChI is InChI=1S/C19H26N4O2S/c1-12-16(14(3)25-21-12)8-23-11-19(18(23)24)6-5-7-22(10-19)9-17-13(2)20-15(4)26-17/h5-11H2,1-4H3/t19-/m0/s1. The first-order valence-electron chi connectivity index (χ1n) is 9.24. The Morgan fingerprint density at radius 3 is 2.58 bits per heavy atom. The summed E-state index contributed by atoms with van der Waals surface area (Å²) >= 11 is 1.78. The summed E-state index contributed by atoms with van der Waals surface area (Å²) in [5.74, 6) is 1.11. The molecule has 1 spiro atoms. The molecule has 4 rings (SSSR count). The maximum Gasteiger partial charge on any atom is 0.232 e. The van der Waals surface area contributed by atoms with E-state index in [9.17, 15) is 4.79 Å². The van der Waals surface area contributed by atoms with Crippen LogP contribution < -0.4 is 0 Å². The number of rotatable bonds is 4. The topological polar surface area (TPSA) is 62.5 Å². The molecular formula is C19H26N4O2S. The molecule has 1 amide bonds. The normalized spacial score (nSPS) is 23.7. The summed E-state index contributed by atoms with van der Waals surface area (Å²) in [6, 6.07) is 0. The number of hydrogen-bond acceptors (Lipinski definition) is 6. The highest BCUT2D eigenvalue weighted by atomic mass is 32.1. The van der Waals surface area contributed by atoms with Crippen molar-refractivity contribution in [3.8, 4) is 0 Å². The van der Waals surface area contributed by atoms with Crippen molar-refractivity contribution >= 4 is 17.2 Å². The Balaban J connectivity index is 1.41. The van der Waals surface area contributed by atoms with Gasteiger partial charge in [-0.3, -0.25) is 9.69 Å². The lowest BCUT2D eigenvalue weighted by molar-refractivity contribution is -0.167. The molecule has 0 radical (unpaired) electrons. The van der Waals surface area contributed by atoms with Gasteiger partial charge in [-0.25, -0.2) is 4.98 Å². The number of hydrogen-bond donors (Lipinski definition) is 0. The predicted octanol–water partition coefficient (Wildman–Crippen LogP) is 2.99. The van der Waals surface area contributed by atoms with E-state index in [2.05, 4.69) is 28.9 Å². The Hall–Kier alpha value is -1.73. The second-order valence-corrected chi connectivity index (χ2v) is 9.09. The van der Waals surface area contributed by atoms with E-state index < -0.39 is 0 Å². The quantitative estimate of drug-likeness (QED) is 0.770. The molecule has 2 fully saturated rings. The van der Waals surface area contributed by atoms with Crippen LogP contribution in [0.5, 0.6) is 0 Å². The average molecular weight is 375 g/mol. The number of β-lactam (4-membered cyclic amide) rings is 1. The molecule has 7 heteroatoms. The first kappa shape index (κ1) is 17.7. The summed E-state index contributed by atoms with van der Waals surface area (Å²) in [5.41, 5.74) is 2.88. The minimum atomic E-state index is -0.190. The van der Waals surface area contributed by atoms with Gasteiger partial charge in [0.05, 0.1) is 28.4 Å². The Labute approximate surface area is 158 Å². The molecule has 0 bridgehead atoms. The number of nitrogens with zero attached hydrogens (tertiary/aromatic N) is 4. The molecule has 4 heterocycles. The maximum atomic E-state index is 13.0. The largest absolute Gasteiger partial charge is 0.361 e. The highest BCUT2D eigenvalue weighted by molar-refractivity contribution is 7.11. The molecule has 2 aliphatic rings. The van der Waals surface area contributed by atoms with E-state index >= 15 is 0 Å². The minimum absolute atomic E-state index is 0.190. The molecule has 0 unspecified atom stereocenters. The molecule has 0 aromatic carbocycles. The summed E-state index contributed by atoms with van der Waals surface area (Å²) in [6.45, 7) is 12.3. The van der Waals surface area contributed by atoms with E-state index in [0.29, 0.717) is 12.5 Å². The van der Waals surface area contributed by atoms with Crippen LogP contribution in [0.1, 0.15) is 45.4 Å². The molecule has 2 aliphatic heterocycles. The van der Waals surface area contributed by atoms with Crippen molar-refractivity contribution in [1.82, 2.24) is 19.9 Å². The molecule has 2 saturated heterocycles. The number of aryl methyl sites for hydroxylation is 4. The van der Waals surface area contributed by atoms with E-state index in [1.165, 1.54) is 4.88 Å². The summed E-state index contributed by atoms with van der Waals surface area (Å²) in [7, 11) is 0. The molecule has 1 atom stereocenters. The minimum Gasteiger partial charge on any atom is -0.361 e. The number of piperidine rings is 1. The number of amides is 1. The van der Waals surface area contributed by atoms with Crippen molar-refractivity contribution in [3.63, 3.8) is 0 Å². The fraction of sp³-hybridized carbons (Fsp3) is 0.632. The van der Waals surface area contributed by atoms with Gasteiger partial charge in [0.15, 0.2) is 0 Å². The van der Waals surface area contributed by atoms with Crippen LogP contribution in [-0.2, 0) is 17.9 Å². The Morgan fingerprint density at radius 2 is 1.96 bits per heavy atom. The first-order chi connectivity index (χ1) is 12.4. The third kappa shape index (κ3) is 2.97. The smallest absolute Gasteiger partial charge is 0.232 e. The third-order valence-electron chi connectivity index (χ3n) is 5.79. The monoisotopic (exact) mass is 374 g/mol. The van der Waals surface area contributed by atoms with Crippen molar-refractivity contribution < 1.29 is 9.32 Å². The molecular weight excluding hydrogens is 348 g/mol. The maximum absolute atomic E-state index is 13.0. The van der Waals surface area contributed by atoms with Crippen LogP contribution in [-0.4, -0.2) is 45.5 Å². The molecule has 140 valence electrons. The predicted molar refractivity (Wildman–Crippen MR) is 99.9 cm³/mol. The van der Waals surface area contributed by atoms with Gasteiger partial charge in [-0.15, -0.1) is 11.3 Å². The molecule has 2 aromatic rings. The SMILES string of the molecule is Cc1nc(C)c(CN2CCC[C@]3(C2)CN(Cc2c(C)noc2C)C3=O)s1. The van der Waals surface area contributed by atoms with Gasteiger partial charge in [0.1, 0.15) is 5.76 Å². The van der Waals surface area contributed by atoms with Crippen molar-refractivity contribution in [2.24, 2.45) is 5.41 Å². The van der Waals surface area contributed by atoms with Crippen LogP contribution in [0.3, 0.4) is 0 Å². The van der Waals surface area contributed by atoms with E-state index in [1.807, 2.05) is 18.7 Å². The van der Waals surface area contributed by atoms with E-state index in [-0.39, 0.29) is 5.41 Å². The van der Waals surface area contributed by atoms with Gasteiger partial charge in [0.2, 0.25) is 5.91 Å². The van der Waals surface area contributed by atoms with Gasteiger partial charge >= 0.3 is 0 Å². The highest BCUT2D eigenvalue weighted by Crippen LogP contribution is 2.42.